The molecule has 0 saturated carbocycles. The fourth-order valence-electron chi connectivity index (χ4n) is 2.43. The van der Waals surface area contributed by atoms with Gasteiger partial charge in [-0.15, -0.1) is 0 Å². The molecule has 0 amide bonds. The van der Waals surface area contributed by atoms with Gasteiger partial charge in [0.25, 0.3) is 0 Å². The van der Waals surface area contributed by atoms with E-state index in [1.54, 1.807) is 0 Å². The van der Waals surface area contributed by atoms with Crippen LogP contribution in [-0.2, 0) is 0 Å². The minimum Gasteiger partial charge on any atom is -0.475 e. The molecular formula is C14H13BrN2O3. The van der Waals surface area contributed by atoms with Crippen LogP contribution in [0.15, 0.2) is 33.3 Å². The number of hydrogen-bond acceptors (Lipinski definition) is 4. The number of carboxylic acid groups (broad SMARTS) is 1. The van der Waals surface area contributed by atoms with Crippen LogP contribution in [0.3, 0.4) is 0 Å². The predicted molar refractivity (Wildman–Crippen MR) is 76.8 cm³/mol. The number of rotatable bonds is 3. The van der Waals surface area contributed by atoms with Crippen LogP contribution in [0.2, 0.25) is 0 Å². The van der Waals surface area contributed by atoms with Gasteiger partial charge < -0.3 is 14.5 Å². The van der Waals surface area contributed by atoms with Gasteiger partial charge >= 0.3 is 5.97 Å². The van der Waals surface area contributed by atoms with Gasteiger partial charge in [-0.1, -0.05) is 33.2 Å². The molecule has 6 heteroatoms. The van der Waals surface area contributed by atoms with Crippen molar-refractivity contribution in [3.05, 3.63) is 40.1 Å². The summed E-state index contributed by atoms with van der Waals surface area (Å²) in [6.45, 7) is 2.12. The number of aromatic carboxylic acids is 1. The maximum absolute atomic E-state index is 10.8. The lowest BCUT2D eigenvalue weighted by Crippen LogP contribution is -2.41. The first-order valence-corrected chi connectivity index (χ1v) is 7.02. The van der Waals surface area contributed by atoms with E-state index in [2.05, 4.69) is 39.1 Å². The Hall–Kier alpha value is -1.66. The Morgan fingerprint density at radius 3 is 2.75 bits per heavy atom. The smallest absolute Gasteiger partial charge is 0.374 e. The van der Waals surface area contributed by atoms with Gasteiger partial charge in [0.2, 0.25) is 5.76 Å². The maximum atomic E-state index is 10.8. The number of likely N-dealkylation sites (tertiary alicyclic amines) is 1. The monoisotopic (exact) mass is 336 g/mol. The molecule has 0 atom stereocenters. The molecule has 1 aromatic heterocycles. The maximum Gasteiger partial charge on any atom is 0.374 e. The Morgan fingerprint density at radius 1 is 1.45 bits per heavy atom. The number of halogens is 1. The first-order chi connectivity index (χ1) is 9.54. The van der Waals surface area contributed by atoms with E-state index in [9.17, 15) is 4.79 Å². The van der Waals surface area contributed by atoms with Gasteiger partial charge in [0, 0.05) is 35.1 Å². The van der Waals surface area contributed by atoms with Gasteiger partial charge in [0.15, 0.2) is 0 Å². The molecule has 2 heterocycles. The molecule has 0 bridgehead atoms. The molecule has 2 aromatic rings. The predicted octanol–water partition coefficient (Wildman–Crippen LogP) is 2.83. The SMILES string of the molecule is CN1CC(c2ccc(-c3cc(C(=O)O)on3)cc2Br)C1. The van der Waals surface area contributed by atoms with Crippen LogP contribution in [-0.4, -0.2) is 41.3 Å². The van der Waals surface area contributed by atoms with Gasteiger partial charge in [0.1, 0.15) is 5.69 Å². The Bertz CT molecular complexity index is 662. The van der Waals surface area contributed by atoms with E-state index in [1.165, 1.54) is 11.6 Å². The molecule has 3 rings (SSSR count). The summed E-state index contributed by atoms with van der Waals surface area (Å²) in [5, 5.41) is 12.6. The fraction of sp³-hybridized carbons (Fsp3) is 0.286. The zero-order valence-corrected chi connectivity index (χ0v) is 12.4. The van der Waals surface area contributed by atoms with Crippen molar-refractivity contribution >= 4 is 21.9 Å². The summed E-state index contributed by atoms with van der Waals surface area (Å²) >= 11 is 3.58. The van der Waals surface area contributed by atoms with Gasteiger partial charge in [-0.2, -0.15) is 0 Å². The van der Waals surface area contributed by atoms with E-state index in [-0.39, 0.29) is 5.76 Å². The molecule has 1 N–H and O–H groups in total. The lowest BCUT2D eigenvalue weighted by Gasteiger charge is -2.37. The molecule has 5 nitrogen and oxygen atoms in total. The van der Waals surface area contributed by atoms with Crippen molar-refractivity contribution in [2.45, 2.75) is 5.92 Å². The van der Waals surface area contributed by atoms with Crippen molar-refractivity contribution in [1.29, 1.82) is 0 Å². The molecule has 1 aliphatic heterocycles. The molecule has 1 aliphatic rings. The highest BCUT2D eigenvalue weighted by molar-refractivity contribution is 9.10. The molecule has 104 valence electrons. The van der Waals surface area contributed by atoms with Gasteiger partial charge in [-0.25, -0.2) is 4.79 Å². The van der Waals surface area contributed by atoms with Crippen LogP contribution in [0, 0.1) is 0 Å². The first-order valence-electron chi connectivity index (χ1n) is 6.23. The van der Waals surface area contributed by atoms with Gasteiger partial charge in [-0.3, -0.25) is 0 Å². The summed E-state index contributed by atoms with van der Waals surface area (Å²) in [7, 11) is 2.10. The van der Waals surface area contributed by atoms with Crippen molar-refractivity contribution in [3.63, 3.8) is 0 Å². The third kappa shape index (κ3) is 2.36. The standard InChI is InChI=1S/C14H13BrN2O3/c1-17-6-9(7-17)10-3-2-8(4-11(10)15)12-5-13(14(18)19)20-16-12/h2-5,9H,6-7H2,1H3,(H,18,19). The van der Waals surface area contributed by atoms with Crippen molar-refractivity contribution in [2.24, 2.45) is 0 Å². The normalized spacial score (nSPS) is 16.1. The van der Waals surface area contributed by atoms with E-state index < -0.39 is 5.97 Å². The molecule has 0 unspecified atom stereocenters. The van der Waals surface area contributed by atoms with E-state index >= 15 is 0 Å². The average molecular weight is 337 g/mol. The molecule has 0 spiro atoms. The second-order valence-corrected chi connectivity index (χ2v) is 5.89. The Kier molecular flexibility index (Phi) is 3.35. The number of hydrogen-bond donors (Lipinski definition) is 1. The van der Waals surface area contributed by atoms with Gasteiger partial charge in [-0.05, 0) is 18.7 Å². The summed E-state index contributed by atoms with van der Waals surface area (Å²) < 4.78 is 5.79. The largest absolute Gasteiger partial charge is 0.475 e. The summed E-state index contributed by atoms with van der Waals surface area (Å²) in [5.74, 6) is -0.715. The highest BCUT2D eigenvalue weighted by atomic mass is 79.9. The molecule has 1 aromatic carbocycles. The highest BCUT2D eigenvalue weighted by Crippen LogP contribution is 2.34. The fourth-order valence-corrected chi connectivity index (χ4v) is 3.13. The number of carboxylic acids is 1. The van der Waals surface area contributed by atoms with Crippen molar-refractivity contribution in [1.82, 2.24) is 10.1 Å². The third-order valence-corrected chi connectivity index (χ3v) is 4.21. The average Bonchev–Trinajstić information content (AvgIpc) is 2.85. The number of carbonyl (C=O) groups is 1. The minimum atomic E-state index is -1.11. The zero-order valence-electron chi connectivity index (χ0n) is 10.8. The Labute approximate surface area is 124 Å². The first kappa shape index (κ1) is 13.3. The third-order valence-electron chi connectivity index (χ3n) is 3.52. The van der Waals surface area contributed by atoms with Crippen molar-refractivity contribution in [3.8, 4) is 11.3 Å². The Morgan fingerprint density at radius 2 is 2.20 bits per heavy atom. The molecule has 0 radical (unpaired) electrons. The topological polar surface area (TPSA) is 66.6 Å². The molecule has 1 saturated heterocycles. The van der Waals surface area contributed by atoms with Crippen LogP contribution >= 0.6 is 15.9 Å². The number of aromatic nitrogens is 1. The van der Waals surface area contributed by atoms with Crippen molar-refractivity contribution < 1.29 is 14.4 Å². The summed E-state index contributed by atoms with van der Waals surface area (Å²) in [4.78, 5) is 13.1. The summed E-state index contributed by atoms with van der Waals surface area (Å²) in [6.07, 6.45) is 0. The molecule has 1 fully saturated rings. The number of benzene rings is 1. The van der Waals surface area contributed by atoms with Crippen LogP contribution < -0.4 is 0 Å². The van der Waals surface area contributed by atoms with Crippen LogP contribution in [0.1, 0.15) is 22.0 Å². The lowest BCUT2D eigenvalue weighted by atomic mass is 9.91. The van der Waals surface area contributed by atoms with E-state index in [0.717, 1.165) is 23.1 Å². The molecule has 20 heavy (non-hydrogen) atoms. The quantitative estimate of drug-likeness (QED) is 0.933. The summed E-state index contributed by atoms with van der Waals surface area (Å²) in [6, 6.07) is 7.39. The lowest BCUT2D eigenvalue weighted by molar-refractivity contribution is 0.0652. The highest BCUT2D eigenvalue weighted by Gasteiger charge is 2.26. The zero-order chi connectivity index (χ0) is 14.3. The van der Waals surface area contributed by atoms with E-state index in [1.807, 2.05) is 12.1 Å². The second kappa shape index (κ2) is 5.03. The van der Waals surface area contributed by atoms with Crippen molar-refractivity contribution in [2.75, 3.05) is 20.1 Å². The van der Waals surface area contributed by atoms with Gasteiger partial charge in [0.05, 0.1) is 0 Å². The minimum absolute atomic E-state index is 0.152. The number of likely N-dealkylation sites (N-methyl/N-ethyl adjacent to an activating group) is 1. The number of nitrogens with zero attached hydrogens (tertiary/aromatic N) is 2. The van der Waals surface area contributed by atoms with Crippen LogP contribution in [0.25, 0.3) is 11.3 Å². The second-order valence-electron chi connectivity index (χ2n) is 5.04. The van der Waals surface area contributed by atoms with Crippen LogP contribution in [0.5, 0.6) is 0 Å². The van der Waals surface area contributed by atoms with E-state index in [4.69, 9.17) is 9.63 Å². The summed E-state index contributed by atoms with van der Waals surface area (Å²) in [5.41, 5.74) is 2.64. The van der Waals surface area contributed by atoms with E-state index in [0.29, 0.717) is 11.6 Å². The van der Waals surface area contributed by atoms with Crippen LogP contribution in [0.4, 0.5) is 0 Å². The molecular weight excluding hydrogens is 324 g/mol. The molecule has 0 aliphatic carbocycles. The Balaban J connectivity index is 1.87.